The molecule has 104 valence electrons. The van der Waals surface area contributed by atoms with Crippen LogP contribution in [0.3, 0.4) is 0 Å². The van der Waals surface area contributed by atoms with Gasteiger partial charge in [0.2, 0.25) is 5.91 Å². The van der Waals surface area contributed by atoms with Crippen LogP contribution in [-0.2, 0) is 10.3 Å². The molecule has 19 heavy (non-hydrogen) atoms. The fourth-order valence-corrected chi connectivity index (χ4v) is 4.57. The van der Waals surface area contributed by atoms with E-state index in [4.69, 9.17) is 5.73 Å². The fourth-order valence-electron chi connectivity index (χ4n) is 1.96. The van der Waals surface area contributed by atoms with Gasteiger partial charge in [0.15, 0.2) is 0 Å². The molecule has 0 saturated carbocycles. The molecule has 3 nitrogen and oxygen atoms in total. The van der Waals surface area contributed by atoms with Gasteiger partial charge >= 0.3 is 0 Å². The van der Waals surface area contributed by atoms with Gasteiger partial charge in [-0.1, -0.05) is 30.3 Å². The number of rotatable bonds is 4. The first-order valence-corrected chi connectivity index (χ1v) is 8.63. The van der Waals surface area contributed by atoms with E-state index in [1.807, 2.05) is 53.9 Å². The number of hydrogen-bond acceptors (Lipinski definition) is 4. The van der Waals surface area contributed by atoms with Gasteiger partial charge in [-0.25, -0.2) is 0 Å². The second kappa shape index (κ2) is 6.68. The van der Waals surface area contributed by atoms with E-state index in [-0.39, 0.29) is 5.91 Å². The summed E-state index contributed by atoms with van der Waals surface area (Å²) in [5, 5.41) is 3.50. The summed E-state index contributed by atoms with van der Waals surface area (Å²) in [6, 6.07) is 9.52. The van der Waals surface area contributed by atoms with Crippen LogP contribution < -0.4 is 11.1 Å². The van der Waals surface area contributed by atoms with Gasteiger partial charge in [0.1, 0.15) is 5.54 Å². The van der Waals surface area contributed by atoms with Gasteiger partial charge < -0.3 is 11.1 Å². The summed E-state index contributed by atoms with van der Waals surface area (Å²) in [6.45, 7) is 2.47. The maximum absolute atomic E-state index is 12.3. The normalized spacial score (nSPS) is 22.5. The van der Waals surface area contributed by atoms with Gasteiger partial charge in [0.25, 0.3) is 0 Å². The van der Waals surface area contributed by atoms with E-state index in [0.717, 1.165) is 11.3 Å². The predicted molar refractivity (Wildman–Crippen MR) is 84.6 cm³/mol. The molecule has 1 fully saturated rings. The van der Waals surface area contributed by atoms with Crippen molar-refractivity contribution >= 4 is 29.4 Å². The van der Waals surface area contributed by atoms with E-state index in [1.165, 1.54) is 11.5 Å². The average Bonchev–Trinajstić information content (AvgIpc) is 2.46. The largest absolute Gasteiger partial charge is 0.353 e. The lowest BCUT2D eigenvalue weighted by Crippen LogP contribution is -2.50. The number of amides is 1. The van der Waals surface area contributed by atoms with Crippen molar-refractivity contribution in [1.29, 1.82) is 0 Å². The van der Waals surface area contributed by atoms with Crippen LogP contribution in [0, 0.1) is 0 Å². The zero-order valence-corrected chi connectivity index (χ0v) is 12.7. The molecule has 1 heterocycles. The molecule has 1 aromatic carbocycles. The summed E-state index contributed by atoms with van der Waals surface area (Å²) < 4.78 is 0. The van der Waals surface area contributed by atoms with Crippen molar-refractivity contribution in [2.75, 3.05) is 23.8 Å². The van der Waals surface area contributed by atoms with Crippen LogP contribution in [-0.4, -0.2) is 35.0 Å². The Bertz CT molecular complexity index is 417. The topological polar surface area (TPSA) is 55.1 Å². The summed E-state index contributed by atoms with van der Waals surface area (Å²) >= 11 is 3.89. The van der Waals surface area contributed by atoms with Crippen molar-refractivity contribution in [3.63, 3.8) is 0 Å². The lowest BCUT2D eigenvalue weighted by atomic mass is 9.92. The maximum atomic E-state index is 12.3. The van der Waals surface area contributed by atoms with Gasteiger partial charge in [-0.15, -0.1) is 0 Å². The van der Waals surface area contributed by atoms with Crippen LogP contribution >= 0.6 is 23.5 Å². The highest BCUT2D eigenvalue weighted by Gasteiger charge is 2.30. The third kappa shape index (κ3) is 3.91. The van der Waals surface area contributed by atoms with Crippen molar-refractivity contribution in [3.8, 4) is 0 Å². The summed E-state index contributed by atoms with van der Waals surface area (Å²) in [5.74, 6) is 3.39. The monoisotopic (exact) mass is 296 g/mol. The van der Waals surface area contributed by atoms with Crippen LogP contribution in [0.2, 0.25) is 0 Å². The Hall–Kier alpha value is -0.650. The van der Waals surface area contributed by atoms with E-state index >= 15 is 0 Å². The van der Waals surface area contributed by atoms with E-state index in [2.05, 4.69) is 5.32 Å². The minimum Gasteiger partial charge on any atom is -0.353 e. The Labute approximate surface area is 123 Å². The molecule has 5 heteroatoms. The number of nitrogens with one attached hydrogen (secondary N) is 1. The van der Waals surface area contributed by atoms with Crippen LogP contribution in [0.15, 0.2) is 30.3 Å². The first-order chi connectivity index (χ1) is 9.10. The summed E-state index contributed by atoms with van der Waals surface area (Å²) in [7, 11) is 0. The molecule has 1 aliphatic rings. The lowest BCUT2D eigenvalue weighted by Gasteiger charge is -2.26. The molecule has 0 bridgehead atoms. The molecule has 2 unspecified atom stereocenters. The van der Waals surface area contributed by atoms with E-state index in [9.17, 15) is 4.79 Å². The molecule has 2 rings (SSSR count). The summed E-state index contributed by atoms with van der Waals surface area (Å²) in [5.41, 5.74) is 6.05. The second-order valence-corrected chi connectivity index (χ2v) is 7.40. The molecule has 0 radical (unpaired) electrons. The van der Waals surface area contributed by atoms with Gasteiger partial charge in [-0.2, -0.15) is 23.5 Å². The molecular weight excluding hydrogens is 276 g/mol. The minimum atomic E-state index is -0.965. The van der Waals surface area contributed by atoms with E-state index in [1.54, 1.807) is 6.92 Å². The highest BCUT2D eigenvalue weighted by molar-refractivity contribution is 8.06. The van der Waals surface area contributed by atoms with E-state index in [0.29, 0.717) is 11.8 Å². The second-order valence-electron chi connectivity index (χ2n) is 4.85. The Morgan fingerprint density at radius 2 is 2.16 bits per heavy atom. The number of nitrogens with two attached hydrogens (primary N) is 1. The third-order valence-electron chi connectivity index (χ3n) is 3.22. The molecule has 1 aromatic rings. The summed E-state index contributed by atoms with van der Waals surface area (Å²) in [4.78, 5) is 12.3. The maximum Gasteiger partial charge on any atom is 0.244 e. The number of benzene rings is 1. The zero-order valence-electron chi connectivity index (χ0n) is 11.1. The van der Waals surface area contributed by atoms with E-state index < -0.39 is 5.54 Å². The molecular formula is C14H20N2OS2. The van der Waals surface area contributed by atoms with Crippen LogP contribution in [0.1, 0.15) is 12.5 Å². The Kier molecular flexibility index (Phi) is 5.19. The van der Waals surface area contributed by atoms with Crippen molar-refractivity contribution in [2.45, 2.75) is 17.7 Å². The highest BCUT2D eigenvalue weighted by Crippen LogP contribution is 2.24. The minimum absolute atomic E-state index is 0.102. The molecule has 2 atom stereocenters. The Morgan fingerprint density at radius 3 is 2.79 bits per heavy atom. The molecule has 1 amide bonds. The summed E-state index contributed by atoms with van der Waals surface area (Å²) in [6.07, 6.45) is 0. The smallest absolute Gasteiger partial charge is 0.244 e. The van der Waals surface area contributed by atoms with Crippen molar-refractivity contribution in [2.24, 2.45) is 5.73 Å². The van der Waals surface area contributed by atoms with Crippen LogP contribution in [0.4, 0.5) is 0 Å². The first-order valence-electron chi connectivity index (χ1n) is 6.43. The molecule has 1 aliphatic heterocycles. The molecule has 1 saturated heterocycles. The predicted octanol–water partition coefficient (Wildman–Crippen LogP) is 1.83. The van der Waals surface area contributed by atoms with Gasteiger partial charge in [0, 0.05) is 29.1 Å². The van der Waals surface area contributed by atoms with Gasteiger partial charge in [0.05, 0.1) is 0 Å². The number of thioether (sulfide) groups is 2. The van der Waals surface area contributed by atoms with Crippen molar-refractivity contribution in [1.82, 2.24) is 5.32 Å². The average molecular weight is 296 g/mol. The number of carbonyl (C=O) groups excluding carboxylic acids is 1. The number of carbonyl (C=O) groups is 1. The van der Waals surface area contributed by atoms with Crippen molar-refractivity contribution in [3.05, 3.63) is 35.9 Å². The molecule has 3 N–H and O–H groups in total. The highest BCUT2D eigenvalue weighted by atomic mass is 32.2. The van der Waals surface area contributed by atoms with Crippen LogP contribution in [0.5, 0.6) is 0 Å². The fraction of sp³-hybridized carbons (Fsp3) is 0.500. The number of hydrogen-bond donors (Lipinski definition) is 2. The standard InChI is InChI=1S/C14H20N2OS2/c1-14(15,11-5-3-2-4-6-11)13(17)16-9-12-10-18-7-8-19-12/h2-6,12H,7-10,15H2,1H3,(H,16,17). The Balaban J connectivity index is 1.91. The molecule has 0 aliphatic carbocycles. The van der Waals surface area contributed by atoms with Crippen molar-refractivity contribution < 1.29 is 4.79 Å². The lowest BCUT2D eigenvalue weighted by molar-refractivity contribution is -0.126. The SMILES string of the molecule is CC(N)(C(=O)NCC1CSCCS1)c1ccccc1. The van der Waals surface area contributed by atoms with Gasteiger partial charge in [-0.3, -0.25) is 4.79 Å². The molecule has 0 aromatic heterocycles. The quantitative estimate of drug-likeness (QED) is 0.890. The van der Waals surface area contributed by atoms with Gasteiger partial charge in [-0.05, 0) is 12.5 Å². The zero-order chi connectivity index (χ0) is 13.7. The Morgan fingerprint density at radius 1 is 1.42 bits per heavy atom. The van der Waals surface area contributed by atoms with Crippen LogP contribution in [0.25, 0.3) is 0 Å². The first kappa shape index (κ1) is 14.8. The molecule has 0 spiro atoms. The third-order valence-corrected chi connectivity index (χ3v) is 6.07.